The molecule has 8 atom stereocenters. The van der Waals surface area contributed by atoms with Gasteiger partial charge in [-0.1, -0.05) is 56.5 Å². The Hall–Kier alpha value is -2.46. The number of nitrogens with zero attached hydrogens (tertiary/aromatic N) is 2. The van der Waals surface area contributed by atoms with Crippen molar-refractivity contribution < 1.29 is 23.9 Å². The number of amides is 3. The van der Waals surface area contributed by atoms with Crippen LogP contribution in [0.2, 0.25) is 5.02 Å². The molecule has 1 saturated carbocycles. The average molecular weight is 599 g/mol. The number of ether oxygens (including phenoxy) is 2. The monoisotopic (exact) mass is 598 g/mol. The van der Waals surface area contributed by atoms with Crippen molar-refractivity contribution in [3.05, 3.63) is 40.9 Å². The summed E-state index contributed by atoms with van der Waals surface area (Å²) >= 11 is 6.31. The van der Waals surface area contributed by atoms with Crippen LogP contribution in [0.3, 0.4) is 0 Å². The van der Waals surface area contributed by atoms with Crippen LogP contribution < -0.4 is 10.6 Å². The number of carbonyl (C=O) groups excluding carboxylic acids is 3. The molecule has 10 heteroatoms. The Labute approximate surface area is 253 Å². The van der Waals surface area contributed by atoms with Crippen molar-refractivity contribution in [2.75, 3.05) is 44.7 Å². The maximum absolute atomic E-state index is 14.2. The van der Waals surface area contributed by atoms with Crippen LogP contribution >= 0.6 is 11.6 Å². The summed E-state index contributed by atoms with van der Waals surface area (Å²) in [6.07, 6.45) is 7.05. The number of hydrogen-bond donors (Lipinski definition) is 2. The quantitative estimate of drug-likeness (QED) is 0.445. The molecule has 4 aliphatic heterocycles. The van der Waals surface area contributed by atoms with Gasteiger partial charge >= 0.3 is 0 Å². The molecular formula is C32H43ClN4O5. The molecule has 1 aromatic carbocycles. The number of morpholine rings is 1. The van der Waals surface area contributed by atoms with Crippen molar-refractivity contribution >= 4 is 35.0 Å². The third-order valence-electron chi connectivity index (χ3n) is 10.4. The molecule has 42 heavy (non-hydrogen) atoms. The van der Waals surface area contributed by atoms with Crippen LogP contribution in [-0.2, 0) is 23.9 Å². The molecule has 3 saturated heterocycles. The number of rotatable bonds is 8. The summed E-state index contributed by atoms with van der Waals surface area (Å²) in [6, 6.07) is 4.59. The zero-order chi connectivity index (χ0) is 29.6. The van der Waals surface area contributed by atoms with Gasteiger partial charge in [0.15, 0.2) is 0 Å². The summed E-state index contributed by atoms with van der Waals surface area (Å²) in [4.78, 5) is 46.2. The number of benzene rings is 1. The van der Waals surface area contributed by atoms with Gasteiger partial charge in [0.05, 0.1) is 31.2 Å². The third-order valence-corrected chi connectivity index (χ3v) is 10.8. The summed E-state index contributed by atoms with van der Waals surface area (Å²) in [7, 11) is 0. The van der Waals surface area contributed by atoms with E-state index in [1.54, 1.807) is 17.0 Å². The van der Waals surface area contributed by atoms with E-state index in [4.69, 9.17) is 21.1 Å². The van der Waals surface area contributed by atoms with Gasteiger partial charge in [-0.15, -0.1) is 0 Å². The molecule has 9 nitrogen and oxygen atoms in total. The van der Waals surface area contributed by atoms with Crippen LogP contribution in [0.5, 0.6) is 0 Å². The van der Waals surface area contributed by atoms with Crippen LogP contribution in [-0.4, -0.2) is 90.7 Å². The predicted octanol–water partition coefficient (Wildman–Crippen LogP) is 3.40. The van der Waals surface area contributed by atoms with Crippen molar-refractivity contribution in [1.29, 1.82) is 0 Å². The number of carbonyl (C=O) groups is 3. The van der Waals surface area contributed by atoms with E-state index in [-0.39, 0.29) is 23.8 Å². The zero-order valence-electron chi connectivity index (χ0n) is 24.8. The normalized spacial score (nSPS) is 35.9. The van der Waals surface area contributed by atoms with E-state index in [2.05, 4.69) is 29.4 Å². The maximum Gasteiger partial charge on any atom is 0.246 e. The second-order valence-electron chi connectivity index (χ2n) is 12.9. The number of nitrogens with one attached hydrogen (secondary N) is 2. The first-order valence-electron chi connectivity index (χ1n) is 15.5. The third kappa shape index (κ3) is 5.27. The molecule has 2 N–H and O–H groups in total. The fraction of sp³-hybridized carbons (Fsp3) is 0.656. The fourth-order valence-electron chi connectivity index (χ4n) is 7.74. The molecule has 0 aromatic heterocycles. The summed E-state index contributed by atoms with van der Waals surface area (Å²) in [6.45, 7) is 10.7. The minimum Gasteiger partial charge on any atom is -0.379 e. The fourth-order valence-corrected chi connectivity index (χ4v) is 7.92. The van der Waals surface area contributed by atoms with Crippen molar-refractivity contribution in [2.45, 2.75) is 70.2 Å². The van der Waals surface area contributed by atoms with Gasteiger partial charge in [0.2, 0.25) is 17.7 Å². The molecule has 4 fully saturated rings. The highest BCUT2D eigenvalue weighted by atomic mass is 35.5. The van der Waals surface area contributed by atoms with E-state index in [0.717, 1.165) is 50.9 Å². The van der Waals surface area contributed by atoms with Gasteiger partial charge in [-0.05, 0) is 49.3 Å². The Kier molecular flexibility index (Phi) is 8.39. The largest absolute Gasteiger partial charge is 0.379 e. The summed E-state index contributed by atoms with van der Waals surface area (Å²) in [5.41, 5.74) is 0.314. The first-order chi connectivity index (χ1) is 20.2. The van der Waals surface area contributed by atoms with Crippen LogP contribution in [0.1, 0.15) is 45.1 Å². The van der Waals surface area contributed by atoms with Crippen molar-refractivity contribution in [3.8, 4) is 0 Å². The zero-order valence-corrected chi connectivity index (χ0v) is 25.6. The lowest BCUT2D eigenvalue weighted by Crippen LogP contribution is -2.58. The summed E-state index contributed by atoms with van der Waals surface area (Å²) < 4.78 is 12.0. The predicted molar refractivity (Wildman–Crippen MR) is 160 cm³/mol. The number of fused-ring (bicyclic) bond motifs is 1. The van der Waals surface area contributed by atoms with Gasteiger partial charge in [-0.3, -0.25) is 19.3 Å². The number of likely N-dealkylation sites (tertiary alicyclic amines) is 1. The number of aryl methyl sites for hydroxylation is 1. The number of anilines is 1. The molecule has 0 unspecified atom stereocenters. The maximum atomic E-state index is 14.2. The molecule has 1 aromatic rings. The van der Waals surface area contributed by atoms with Gasteiger partial charge < -0.3 is 25.0 Å². The first kappa shape index (κ1) is 29.6. The first-order valence-corrected chi connectivity index (χ1v) is 15.9. The Balaban J connectivity index is 1.25. The van der Waals surface area contributed by atoms with E-state index in [9.17, 15) is 14.4 Å². The highest BCUT2D eigenvalue weighted by Gasteiger charge is 2.72. The summed E-state index contributed by atoms with van der Waals surface area (Å²) in [5, 5.41) is 6.84. The Morgan fingerprint density at radius 3 is 2.67 bits per heavy atom. The molecule has 228 valence electrons. The molecule has 0 radical (unpaired) electrons. The summed E-state index contributed by atoms with van der Waals surface area (Å²) in [5.74, 6) is -1.30. The minimum atomic E-state index is -1.17. The lowest BCUT2D eigenvalue weighted by molar-refractivity contribution is -0.141. The second-order valence-corrected chi connectivity index (χ2v) is 13.3. The molecule has 6 rings (SSSR count). The lowest BCUT2D eigenvalue weighted by atomic mass is 9.73. The van der Waals surface area contributed by atoms with Crippen LogP contribution in [0.4, 0.5) is 5.69 Å². The van der Waals surface area contributed by atoms with Crippen molar-refractivity contribution in [3.63, 3.8) is 0 Å². The van der Waals surface area contributed by atoms with E-state index in [1.807, 2.05) is 25.1 Å². The topological polar surface area (TPSA) is 100 Å². The van der Waals surface area contributed by atoms with Crippen LogP contribution in [0.15, 0.2) is 30.4 Å². The van der Waals surface area contributed by atoms with E-state index in [0.29, 0.717) is 42.3 Å². The van der Waals surface area contributed by atoms with Crippen LogP contribution in [0.25, 0.3) is 0 Å². The van der Waals surface area contributed by atoms with Crippen molar-refractivity contribution in [2.24, 2.45) is 23.7 Å². The number of halogens is 1. The van der Waals surface area contributed by atoms with Crippen LogP contribution in [0, 0.1) is 30.6 Å². The van der Waals surface area contributed by atoms with E-state index < -0.39 is 29.6 Å². The van der Waals surface area contributed by atoms with Crippen molar-refractivity contribution in [1.82, 2.24) is 15.1 Å². The highest BCUT2D eigenvalue weighted by molar-refractivity contribution is 6.31. The molecule has 1 aliphatic carbocycles. The lowest BCUT2D eigenvalue weighted by Gasteiger charge is -2.38. The van der Waals surface area contributed by atoms with Gasteiger partial charge in [0, 0.05) is 42.9 Å². The van der Waals surface area contributed by atoms with Gasteiger partial charge in [-0.2, -0.15) is 0 Å². The highest BCUT2D eigenvalue weighted by Crippen LogP contribution is 2.55. The van der Waals surface area contributed by atoms with E-state index in [1.165, 1.54) is 0 Å². The number of hydrogen-bond acceptors (Lipinski definition) is 6. The molecule has 1 spiro atoms. The Morgan fingerprint density at radius 2 is 1.90 bits per heavy atom. The smallest absolute Gasteiger partial charge is 0.246 e. The minimum absolute atomic E-state index is 0.0509. The van der Waals surface area contributed by atoms with E-state index >= 15 is 0 Å². The van der Waals surface area contributed by atoms with Gasteiger partial charge in [-0.25, -0.2) is 0 Å². The second kappa shape index (κ2) is 11.9. The molecule has 3 amide bonds. The van der Waals surface area contributed by atoms with Gasteiger partial charge in [0.25, 0.3) is 0 Å². The van der Waals surface area contributed by atoms with Gasteiger partial charge in [0.1, 0.15) is 11.6 Å². The Morgan fingerprint density at radius 1 is 1.12 bits per heavy atom. The molecular weight excluding hydrogens is 556 g/mol. The Bertz CT molecular complexity index is 1250. The average Bonchev–Trinajstić information content (AvgIpc) is 3.61. The standard InChI is InChI=1S/C32H43ClN4O5/c1-19-6-4-7-24(21(19)3)35-30(39)28-32-11-10-25(42-32)26(29(38)34-22-9-8-20(2)23(33)18-22)27(32)31(40)37(28)13-5-12-36-14-16-41-17-15-36/h8-11,18-19,21,24-28H,4-7,12-17H2,1-3H3,(H,34,38)(H,35,39)/t19-,21+,24-,25+,26-,27+,28+,32+/m1/s1. The molecule has 4 heterocycles. The molecule has 2 bridgehead atoms. The SMILES string of the molecule is Cc1ccc(NC(=O)[C@@H]2[C@@H]3C=C[C@]4(O3)[C@@H]2C(=O)N(CCCN2CCOCC2)[C@H]4C(=O)N[C@@H]2CCC[C@@H](C)[C@@H]2C)cc1Cl. The molecule has 5 aliphatic rings.